The normalized spacial score (nSPS) is 14.2. The van der Waals surface area contributed by atoms with Crippen LogP contribution in [0.4, 0.5) is 4.39 Å². The summed E-state index contributed by atoms with van der Waals surface area (Å²) in [6.07, 6.45) is 8.53. The summed E-state index contributed by atoms with van der Waals surface area (Å²) in [7, 11) is 1.95. The van der Waals surface area contributed by atoms with Gasteiger partial charge >= 0.3 is 0 Å². The fraction of sp³-hybridized carbons (Fsp3) is 0.259. The Balaban J connectivity index is 1.89. The fourth-order valence-corrected chi connectivity index (χ4v) is 3.96. The quantitative estimate of drug-likeness (QED) is 0.476. The maximum atomic E-state index is 15.7. The molecule has 2 aromatic carbocycles. The molecule has 0 radical (unpaired) electrons. The Morgan fingerprint density at radius 3 is 2.66 bits per heavy atom. The van der Waals surface area contributed by atoms with Gasteiger partial charge in [0.2, 0.25) is 0 Å². The van der Waals surface area contributed by atoms with E-state index in [4.69, 9.17) is 5.73 Å². The van der Waals surface area contributed by atoms with Crippen molar-refractivity contribution in [2.75, 3.05) is 7.05 Å². The lowest BCUT2D eigenvalue weighted by atomic mass is 9.77. The Bertz CT molecular complexity index is 1060. The summed E-state index contributed by atoms with van der Waals surface area (Å²) in [5.41, 5.74) is 11.0. The van der Waals surface area contributed by atoms with Gasteiger partial charge in [-0.15, -0.1) is 0 Å². The van der Waals surface area contributed by atoms with Crippen molar-refractivity contribution >= 4 is 24.7 Å². The van der Waals surface area contributed by atoms with E-state index in [2.05, 4.69) is 35.9 Å². The van der Waals surface area contributed by atoms with Crippen LogP contribution < -0.4 is 5.73 Å². The highest BCUT2D eigenvalue weighted by molar-refractivity contribution is 5.71. The average Bonchev–Trinajstić information content (AvgIpc) is 2.75. The molecule has 1 fully saturated rings. The highest BCUT2D eigenvalue weighted by atomic mass is 19.1. The van der Waals surface area contributed by atoms with E-state index >= 15 is 4.39 Å². The highest BCUT2D eigenvalue weighted by Crippen LogP contribution is 2.40. The molecule has 1 aliphatic carbocycles. The van der Waals surface area contributed by atoms with Crippen LogP contribution in [-0.4, -0.2) is 24.9 Å². The van der Waals surface area contributed by atoms with Gasteiger partial charge in [-0.25, -0.2) is 9.38 Å². The van der Waals surface area contributed by atoms with Crippen LogP contribution in [0, 0.1) is 5.82 Å². The number of nitrogens with two attached hydrogens (primary N) is 1. The van der Waals surface area contributed by atoms with E-state index < -0.39 is 0 Å². The third kappa shape index (κ3) is 5.22. The molecule has 0 spiro atoms. The van der Waals surface area contributed by atoms with Crippen molar-refractivity contribution in [3.05, 3.63) is 95.2 Å². The molecular formula is C27H31FN4. The zero-order chi connectivity index (χ0) is 23.1. The van der Waals surface area contributed by atoms with Crippen molar-refractivity contribution in [2.24, 2.45) is 15.7 Å². The topological polar surface area (TPSA) is 54.0 Å². The Morgan fingerprint density at radius 1 is 1.25 bits per heavy atom. The Labute approximate surface area is 190 Å². The Kier molecular flexibility index (Phi) is 7.77. The van der Waals surface area contributed by atoms with E-state index in [0.29, 0.717) is 24.4 Å². The number of halogens is 1. The molecule has 4 nitrogen and oxygen atoms in total. The fourth-order valence-electron chi connectivity index (χ4n) is 3.96. The van der Waals surface area contributed by atoms with Gasteiger partial charge in [0.25, 0.3) is 0 Å². The van der Waals surface area contributed by atoms with Gasteiger partial charge in [-0.05, 0) is 42.2 Å². The summed E-state index contributed by atoms with van der Waals surface area (Å²) in [6, 6.07) is 11.9. The van der Waals surface area contributed by atoms with E-state index in [0.717, 1.165) is 40.8 Å². The smallest absolute Gasteiger partial charge is 0.141 e. The van der Waals surface area contributed by atoms with Crippen LogP contribution in [0.25, 0.3) is 11.8 Å². The first-order valence-corrected chi connectivity index (χ1v) is 10.8. The van der Waals surface area contributed by atoms with E-state index in [1.165, 1.54) is 12.6 Å². The summed E-state index contributed by atoms with van der Waals surface area (Å²) >= 11 is 0. The zero-order valence-electron chi connectivity index (χ0n) is 18.7. The lowest BCUT2D eigenvalue weighted by Gasteiger charge is -2.31. The predicted molar refractivity (Wildman–Crippen MR) is 134 cm³/mol. The number of benzene rings is 2. The molecule has 0 atom stereocenters. The second-order valence-corrected chi connectivity index (χ2v) is 8.08. The molecular weight excluding hydrogens is 399 g/mol. The second-order valence-electron chi connectivity index (χ2n) is 8.08. The lowest BCUT2D eigenvalue weighted by Crippen LogP contribution is -2.21. The molecule has 0 aromatic heterocycles. The number of nitrogens with zero attached hydrogens (tertiary/aromatic N) is 3. The molecule has 0 amide bonds. The van der Waals surface area contributed by atoms with Gasteiger partial charge < -0.3 is 10.6 Å². The number of hydrogen-bond acceptors (Lipinski definition) is 4. The minimum absolute atomic E-state index is 0.179. The molecule has 0 unspecified atom stereocenters. The highest BCUT2D eigenvalue weighted by Gasteiger charge is 2.26. The lowest BCUT2D eigenvalue weighted by molar-refractivity contribution is 0.400. The van der Waals surface area contributed by atoms with Crippen molar-refractivity contribution < 1.29 is 4.39 Å². The van der Waals surface area contributed by atoms with Gasteiger partial charge in [0, 0.05) is 43.1 Å². The molecule has 32 heavy (non-hydrogen) atoms. The molecule has 2 aromatic rings. The molecule has 0 saturated heterocycles. The van der Waals surface area contributed by atoms with E-state index in [-0.39, 0.29) is 11.6 Å². The summed E-state index contributed by atoms with van der Waals surface area (Å²) in [4.78, 5) is 9.68. The maximum Gasteiger partial charge on any atom is 0.141 e. The monoisotopic (exact) mass is 430 g/mol. The maximum absolute atomic E-state index is 15.7. The third-order valence-corrected chi connectivity index (χ3v) is 6.03. The number of rotatable bonds is 10. The Hall–Kier alpha value is -3.47. The zero-order valence-corrected chi connectivity index (χ0v) is 18.7. The molecule has 0 aliphatic heterocycles. The van der Waals surface area contributed by atoms with Crippen molar-refractivity contribution in [2.45, 2.75) is 38.1 Å². The minimum atomic E-state index is -0.179. The molecule has 166 valence electrons. The van der Waals surface area contributed by atoms with E-state index in [1.54, 1.807) is 6.21 Å². The summed E-state index contributed by atoms with van der Waals surface area (Å²) in [5.74, 6) is 0.479. The first-order chi connectivity index (χ1) is 15.5. The van der Waals surface area contributed by atoms with Crippen molar-refractivity contribution in [1.82, 2.24) is 4.90 Å². The molecule has 1 saturated carbocycles. The van der Waals surface area contributed by atoms with Gasteiger partial charge in [0.1, 0.15) is 11.6 Å². The van der Waals surface area contributed by atoms with Crippen LogP contribution in [0.2, 0.25) is 0 Å². The van der Waals surface area contributed by atoms with Gasteiger partial charge in [-0.3, -0.25) is 4.99 Å². The average molecular weight is 431 g/mol. The Morgan fingerprint density at radius 2 is 2.00 bits per heavy atom. The first kappa shape index (κ1) is 23.2. The van der Waals surface area contributed by atoms with Crippen LogP contribution in [-0.2, 0) is 13.0 Å². The molecule has 1 aliphatic rings. The summed E-state index contributed by atoms with van der Waals surface area (Å²) < 4.78 is 15.7. The molecule has 2 N–H and O–H groups in total. The standard InChI is InChI=1S/C27H31FN4/c1-5-20-9-6-7-12-23(20)19(2)32(4)18-25-24(21-10-8-11-21)14-13-22(27(25)28)15-16-31-26(29)17-30-3/h5-7,9,12-14,16-17,21H,1-3,8,10-11,15,18,29H2,4H3/b26-17-,31-16?. The molecule has 3 rings (SSSR count). The largest absolute Gasteiger partial charge is 0.382 e. The van der Waals surface area contributed by atoms with Gasteiger partial charge in [0.15, 0.2) is 0 Å². The van der Waals surface area contributed by atoms with Crippen LogP contribution in [0.15, 0.2) is 71.6 Å². The molecule has 0 bridgehead atoms. The van der Waals surface area contributed by atoms with Crippen LogP contribution in [0.5, 0.6) is 0 Å². The second kappa shape index (κ2) is 10.7. The summed E-state index contributed by atoms with van der Waals surface area (Å²) in [6.45, 7) is 12.0. The molecule has 5 heteroatoms. The van der Waals surface area contributed by atoms with E-state index in [1.807, 2.05) is 48.4 Å². The van der Waals surface area contributed by atoms with Crippen LogP contribution in [0.3, 0.4) is 0 Å². The van der Waals surface area contributed by atoms with Gasteiger partial charge in [-0.2, -0.15) is 0 Å². The number of aliphatic imine (C=N–C) groups is 2. The van der Waals surface area contributed by atoms with Gasteiger partial charge in [0.05, 0.1) is 6.20 Å². The molecule has 0 heterocycles. The van der Waals surface area contributed by atoms with Gasteiger partial charge in [-0.1, -0.05) is 62.1 Å². The van der Waals surface area contributed by atoms with Crippen LogP contribution in [0.1, 0.15) is 53.0 Å². The van der Waals surface area contributed by atoms with Crippen molar-refractivity contribution in [3.8, 4) is 0 Å². The number of hydrogen-bond donors (Lipinski definition) is 1. The van der Waals surface area contributed by atoms with E-state index in [9.17, 15) is 0 Å². The van der Waals surface area contributed by atoms with Crippen LogP contribution >= 0.6 is 0 Å². The minimum Gasteiger partial charge on any atom is -0.382 e. The summed E-state index contributed by atoms with van der Waals surface area (Å²) in [5, 5.41) is 0. The SMILES string of the molecule is C=Cc1ccccc1C(=C)N(C)Cc1c(C2CCC2)ccc(CC=N/C(N)=C\N=C)c1F. The van der Waals surface area contributed by atoms with Crippen molar-refractivity contribution in [3.63, 3.8) is 0 Å². The predicted octanol–water partition coefficient (Wildman–Crippen LogP) is 5.91. The first-order valence-electron chi connectivity index (χ1n) is 10.8. The third-order valence-electron chi connectivity index (χ3n) is 6.03. The van der Waals surface area contributed by atoms with Crippen molar-refractivity contribution in [1.29, 1.82) is 0 Å².